The van der Waals surface area contributed by atoms with Gasteiger partial charge in [0, 0.05) is 47.3 Å². The number of non-ortho nitro benzene ring substituents is 1. The summed E-state index contributed by atoms with van der Waals surface area (Å²) in [5.41, 5.74) is 0.932. The molecule has 0 aliphatic carbocycles. The predicted octanol–water partition coefficient (Wildman–Crippen LogP) is 6.65. The van der Waals surface area contributed by atoms with E-state index in [0.29, 0.717) is 12.1 Å². The van der Waals surface area contributed by atoms with Crippen molar-refractivity contribution in [2.75, 3.05) is 17.4 Å². The maximum absolute atomic E-state index is 14.5. The Morgan fingerprint density at radius 3 is 2.04 bits per heavy atom. The van der Waals surface area contributed by atoms with Gasteiger partial charge in [-0.2, -0.15) is 0 Å². The smallest absolute Gasteiger partial charge is 0.269 e. The lowest BCUT2D eigenvalue weighted by Crippen LogP contribution is -2.53. The molecule has 0 aliphatic heterocycles. The van der Waals surface area contributed by atoms with Crippen LogP contribution in [0.5, 0.6) is 0 Å². The maximum Gasteiger partial charge on any atom is 0.269 e. The summed E-state index contributed by atoms with van der Waals surface area (Å²) >= 11 is 13.1. The molecule has 0 saturated heterocycles. The number of halogens is 2. The molecule has 4 aromatic carbocycles. The number of rotatable bonds is 15. The largest absolute Gasteiger partial charge is 0.354 e. The van der Waals surface area contributed by atoms with Crippen LogP contribution in [0.2, 0.25) is 10.0 Å². The molecule has 0 radical (unpaired) electrons. The lowest BCUT2D eigenvalue weighted by Gasteiger charge is -2.34. The Morgan fingerprint density at radius 1 is 0.872 bits per heavy atom. The molecule has 0 fully saturated rings. The number of hydrogen-bond acceptors (Lipinski definition) is 6. The number of unbranched alkanes of at least 4 members (excludes halogenated alkanes) is 1. The first kappa shape index (κ1) is 35.4. The van der Waals surface area contributed by atoms with Gasteiger partial charge in [-0.05, 0) is 48.4 Å². The van der Waals surface area contributed by atoms with Gasteiger partial charge in [0.15, 0.2) is 0 Å². The summed E-state index contributed by atoms with van der Waals surface area (Å²) in [6.45, 7) is 1.44. The summed E-state index contributed by atoms with van der Waals surface area (Å²) < 4.78 is 29.0. The molecule has 47 heavy (non-hydrogen) atoms. The Hall–Kier alpha value is -4.45. The van der Waals surface area contributed by atoms with Crippen molar-refractivity contribution < 1.29 is 22.9 Å². The van der Waals surface area contributed by atoms with Crippen LogP contribution in [-0.2, 0) is 32.6 Å². The molecular weight excluding hydrogens is 663 g/mol. The summed E-state index contributed by atoms with van der Waals surface area (Å²) in [6.07, 6.45) is 1.68. The van der Waals surface area contributed by atoms with Crippen molar-refractivity contribution in [2.24, 2.45) is 0 Å². The van der Waals surface area contributed by atoms with E-state index in [1.54, 1.807) is 36.4 Å². The van der Waals surface area contributed by atoms with E-state index in [0.717, 1.165) is 34.8 Å². The van der Waals surface area contributed by atoms with E-state index >= 15 is 0 Å². The monoisotopic (exact) mass is 696 g/mol. The Labute approximate surface area is 284 Å². The van der Waals surface area contributed by atoms with E-state index in [-0.39, 0.29) is 39.3 Å². The number of nitrogens with one attached hydrogen (secondary N) is 1. The Bertz CT molecular complexity index is 1770. The summed E-state index contributed by atoms with van der Waals surface area (Å²) in [5.74, 6) is -1.14. The Kier molecular flexibility index (Phi) is 12.4. The molecule has 10 nitrogen and oxygen atoms in total. The predicted molar refractivity (Wildman–Crippen MR) is 183 cm³/mol. The number of sulfonamides is 1. The Morgan fingerprint density at radius 2 is 1.47 bits per heavy atom. The minimum absolute atomic E-state index is 0.0236. The highest BCUT2D eigenvalue weighted by Gasteiger charge is 2.35. The summed E-state index contributed by atoms with van der Waals surface area (Å²) in [5, 5.41) is 14.8. The van der Waals surface area contributed by atoms with Crippen LogP contribution in [0.1, 0.15) is 30.9 Å². The van der Waals surface area contributed by atoms with Gasteiger partial charge in [0.1, 0.15) is 12.6 Å². The van der Waals surface area contributed by atoms with Gasteiger partial charge >= 0.3 is 0 Å². The van der Waals surface area contributed by atoms with E-state index in [2.05, 4.69) is 5.32 Å². The zero-order chi connectivity index (χ0) is 34.0. The molecule has 4 aromatic rings. The number of carbonyl (C=O) groups excluding carboxylic acids is 2. The number of hydrogen-bond donors (Lipinski definition) is 1. The van der Waals surface area contributed by atoms with E-state index in [4.69, 9.17) is 23.2 Å². The van der Waals surface area contributed by atoms with Gasteiger partial charge in [-0.1, -0.05) is 91.1 Å². The average molecular weight is 698 g/mol. The van der Waals surface area contributed by atoms with Crippen LogP contribution in [0.25, 0.3) is 0 Å². The van der Waals surface area contributed by atoms with E-state index in [9.17, 15) is 28.1 Å². The molecule has 246 valence electrons. The van der Waals surface area contributed by atoms with Crippen molar-refractivity contribution in [1.29, 1.82) is 0 Å². The highest BCUT2D eigenvalue weighted by molar-refractivity contribution is 7.92. The van der Waals surface area contributed by atoms with Crippen molar-refractivity contribution in [1.82, 2.24) is 10.2 Å². The lowest BCUT2D eigenvalue weighted by atomic mass is 10.0. The molecule has 2 amide bonds. The topological polar surface area (TPSA) is 130 Å². The average Bonchev–Trinajstić information content (AvgIpc) is 3.07. The number of anilines is 1. The second-order valence-corrected chi connectivity index (χ2v) is 13.3. The fraction of sp³-hybridized carbons (Fsp3) is 0.235. The highest BCUT2D eigenvalue weighted by atomic mass is 35.5. The normalized spacial score (nSPS) is 11.8. The second-order valence-electron chi connectivity index (χ2n) is 10.7. The number of nitrogens with zero attached hydrogens (tertiary/aromatic N) is 3. The van der Waals surface area contributed by atoms with Crippen LogP contribution in [0.15, 0.2) is 108 Å². The van der Waals surface area contributed by atoms with Crippen LogP contribution < -0.4 is 9.62 Å². The zero-order valence-corrected chi connectivity index (χ0v) is 27.9. The van der Waals surface area contributed by atoms with E-state index in [1.807, 2.05) is 37.3 Å². The number of benzene rings is 4. The zero-order valence-electron chi connectivity index (χ0n) is 25.6. The minimum atomic E-state index is -4.36. The maximum atomic E-state index is 14.5. The standard InChI is InChI=1S/C34H34Cl2N4O6S/c1-2-3-21-37-34(42)32(22-25-11-6-4-7-12-25)38(23-29-30(35)15-10-16-31(29)36)33(41)24-39(26-17-19-27(20-18-26)40(43)44)47(45,46)28-13-8-5-9-14-28/h4-20,32H,2-3,21-24H2,1H3,(H,37,42)/t32-/m0/s1. The van der Waals surface area contributed by atoms with Gasteiger partial charge in [0.2, 0.25) is 11.8 Å². The Balaban J connectivity index is 1.83. The fourth-order valence-electron chi connectivity index (χ4n) is 4.90. The van der Waals surface area contributed by atoms with Crippen LogP contribution in [0, 0.1) is 10.1 Å². The molecular formula is C34H34Cl2N4O6S. The number of nitro groups is 1. The molecule has 0 aromatic heterocycles. The molecule has 13 heteroatoms. The molecule has 0 heterocycles. The summed E-state index contributed by atoms with van der Waals surface area (Å²) in [6, 6.07) is 25.3. The summed E-state index contributed by atoms with van der Waals surface area (Å²) in [7, 11) is -4.36. The van der Waals surface area contributed by atoms with E-state index < -0.39 is 39.3 Å². The van der Waals surface area contributed by atoms with Crippen molar-refractivity contribution >= 4 is 56.4 Å². The van der Waals surface area contributed by atoms with Crippen molar-refractivity contribution in [3.8, 4) is 0 Å². The molecule has 0 bridgehead atoms. The van der Waals surface area contributed by atoms with Gasteiger partial charge in [-0.25, -0.2) is 8.42 Å². The number of carbonyl (C=O) groups is 2. The van der Waals surface area contributed by atoms with Gasteiger partial charge in [0.25, 0.3) is 15.7 Å². The van der Waals surface area contributed by atoms with Crippen LogP contribution in [-0.4, -0.2) is 49.2 Å². The highest BCUT2D eigenvalue weighted by Crippen LogP contribution is 2.29. The van der Waals surface area contributed by atoms with Crippen molar-refractivity contribution in [3.63, 3.8) is 0 Å². The van der Waals surface area contributed by atoms with Gasteiger partial charge in [-0.3, -0.25) is 24.0 Å². The quantitative estimate of drug-likeness (QED) is 0.0841. The summed E-state index contributed by atoms with van der Waals surface area (Å²) in [4.78, 5) is 40.3. The third kappa shape index (κ3) is 9.09. The first-order valence-corrected chi connectivity index (χ1v) is 17.1. The third-order valence-electron chi connectivity index (χ3n) is 7.45. The molecule has 0 unspecified atom stereocenters. The van der Waals surface area contributed by atoms with Crippen LogP contribution in [0.3, 0.4) is 0 Å². The number of nitro benzene ring substituents is 1. The van der Waals surface area contributed by atoms with Gasteiger partial charge in [-0.15, -0.1) is 0 Å². The molecule has 0 spiro atoms. The van der Waals surface area contributed by atoms with Crippen molar-refractivity contribution in [3.05, 3.63) is 134 Å². The number of amides is 2. The second kappa shape index (κ2) is 16.4. The van der Waals surface area contributed by atoms with Gasteiger partial charge in [0.05, 0.1) is 15.5 Å². The van der Waals surface area contributed by atoms with Crippen LogP contribution >= 0.6 is 23.2 Å². The first-order valence-electron chi connectivity index (χ1n) is 14.9. The first-order chi connectivity index (χ1) is 22.5. The van der Waals surface area contributed by atoms with Gasteiger partial charge < -0.3 is 10.2 Å². The van der Waals surface area contributed by atoms with E-state index in [1.165, 1.54) is 29.2 Å². The molecule has 0 aliphatic rings. The molecule has 4 rings (SSSR count). The third-order valence-corrected chi connectivity index (χ3v) is 9.95. The minimum Gasteiger partial charge on any atom is -0.354 e. The molecule has 1 N–H and O–H groups in total. The van der Waals surface area contributed by atoms with Crippen LogP contribution in [0.4, 0.5) is 11.4 Å². The lowest BCUT2D eigenvalue weighted by molar-refractivity contribution is -0.384. The molecule has 0 saturated carbocycles. The fourth-order valence-corrected chi connectivity index (χ4v) is 6.86. The molecule has 1 atom stereocenters. The SMILES string of the molecule is CCCCNC(=O)[C@H](Cc1ccccc1)N(Cc1c(Cl)cccc1Cl)C(=O)CN(c1ccc([N+](=O)[O-])cc1)S(=O)(=O)c1ccccc1. The van der Waals surface area contributed by atoms with Crippen molar-refractivity contribution in [2.45, 2.75) is 43.7 Å².